The van der Waals surface area contributed by atoms with Gasteiger partial charge in [-0.15, -0.1) is 0 Å². The van der Waals surface area contributed by atoms with Crippen LogP contribution in [0.3, 0.4) is 0 Å². The molecule has 0 saturated carbocycles. The number of fused-ring (bicyclic) bond motifs is 1. The molecule has 1 aliphatic heterocycles. The van der Waals surface area contributed by atoms with Crippen molar-refractivity contribution in [1.29, 1.82) is 0 Å². The van der Waals surface area contributed by atoms with Gasteiger partial charge in [0.1, 0.15) is 5.75 Å². The first-order valence-electron chi connectivity index (χ1n) is 5.61. The highest BCUT2D eigenvalue weighted by Crippen LogP contribution is 2.31. The number of aliphatic hydroxyl groups is 1. The summed E-state index contributed by atoms with van der Waals surface area (Å²) in [4.78, 5) is 0. The average Bonchev–Trinajstić information content (AvgIpc) is 2.73. The Morgan fingerprint density at radius 1 is 1.50 bits per heavy atom. The van der Waals surface area contributed by atoms with Gasteiger partial charge in [-0.05, 0) is 30.2 Å². The standard InChI is InChI=1S/C13H18O3/c1-13(14,6-8-15-2)11-3-4-12-10(9-11)5-7-16-12/h3-4,9,14H,5-8H2,1-2H3. The second kappa shape index (κ2) is 4.44. The Morgan fingerprint density at radius 3 is 3.06 bits per heavy atom. The van der Waals surface area contributed by atoms with E-state index < -0.39 is 5.60 Å². The maximum absolute atomic E-state index is 10.3. The van der Waals surface area contributed by atoms with E-state index in [1.165, 1.54) is 5.56 Å². The topological polar surface area (TPSA) is 38.7 Å². The van der Waals surface area contributed by atoms with Crippen LogP contribution in [0.5, 0.6) is 5.75 Å². The number of ether oxygens (including phenoxy) is 2. The summed E-state index contributed by atoms with van der Waals surface area (Å²) in [6.07, 6.45) is 1.53. The Hall–Kier alpha value is -1.06. The summed E-state index contributed by atoms with van der Waals surface area (Å²) in [5, 5.41) is 10.3. The molecule has 0 saturated heterocycles. The van der Waals surface area contributed by atoms with E-state index in [1.807, 2.05) is 25.1 Å². The van der Waals surface area contributed by atoms with Crippen LogP contribution in [0, 0.1) is 0 Å². The first-order chi connectivity index (χ1) is 7.63. The molecule has 0 aliphatic carbocycles. The molecule has 88 valence electrons. The highest BCUT2D eigenvalue weighted by molar-refractivity contribution is 5.41. The molecule has 0 fully saturated rings. The SMILES string of the molecule is COCCC(C)(O)c1ccc2c(c1)CCO2. The lowest BCUT2D eigenvalue weighted by atomic mass is 9.91. The van der Waals surface area contributed by atoms with Gasteiger partial charge in [-0.1, -0.05) is 6.07 Å². The van der Waals surface area contributed by atoms with Crippen molar-refractivity contribution in [3.05, 3.63) is 29.3 Å². The van der Waals surface area contributed by atoms with Crippen molar-refractivity contribution < 1.29 is 14.6 Å². The molecule has 0 amide bonds. The van der Waals surface area contributed by atoms with Gasteiger partial charge in [0.2, 0.25) is 0 Å². The third-order valence-corrected chi connectivity index (χ3v) is 3.10. The van der Waals surface area contributed by atoms with Gasteiger partial charge in [-0.25, -0.2) is 0 Å². The fraction of sp³-hybridized carbons (Fsp3) is 0.538. The Labute approximate surface area is 96.0 Å². The van der Waals surface area contributed by atoms with Crippen LogP contribution in [0.1, 0.15) is 24.5 Å². The van der Waals surface area contributed by atoms with Gasteiger partial charge >= 0.3 is 0 Å². The van der Waals surface area contributed by atoms with Gasteiger partial charge in [-0.3, -0.25) is 0 Å². The summed E-state index contributed by atoms with van der Waals surface area (Å²) in [5.41, 5.74) is 1.30. The summed E-state index contributed by atoms with van der Waals surface area (Å²) in [6, 6.07) is 5.91. The second-order valence-corrected chi connectivity index (χ2v) is 4.44. The van der Waals surface area contributed by atoms with Crippen molar-refractivity contribution in [2.75, 3.05) is 20.3 Å². The minimum Gasteiger partial charge on any atom is -0.493 e. The maximum atomic E-state index is 10.3. The summed E-state index contributed by atoms with van der Waals surface area (Å²) in [7, 11) is 1.65. The number of hydrogen-bond donors (Lipinski definition) is 1. The maximum Gasteiger partial charge on any atom is 0.122 e. The minimum absolute atomic E-state index is 0.556. The van der Waals surface area contributed by atoms with Crippen molar-refractivity contribution in [2.24, 2.45) is 0 Å². The fourth-order valence-corrected chi connectivity index (χ4v) is 1.97. The first kappa shape index (κ1) is 11.4. The van der Waals surface area contributed by atoms with E-state index in [1.54, 1.807) is 7.11 Å². The first-order valence-corrected chi connectivity index (χ1v) is 5.61. The molecule has 2 rings (SSSR count). The Balaban J connectivity index is 2.20. The summed E-state index contributed by atoms with van der Waals surface area (Å²) < 4.78 is 10.4. The van der Waals surface area contributed by atoms with Crippen LogP contribution in [0.25, 0.3) is 0 Å². The number of hydrogen-bond acceptors (Lipinski definition) is 3. The van der Waals surface area contributed by atoms with E-state index in [9.17, 15) is 5.11 Å². The Kier molecular flexibility index (Phi) is 3.17. The van der Waals surface area contributed by atoms with Crippen LogP contribution in [-0.4, -0.2) is 25.4 Å². The molecule has 1 unspecified atom stereocenters. The molecule has 0 radical (unpaired) electrons. The van der Waals surface area contributed by atoms with Crippen molar-refractivity contribution in [3.8, 4) is 5.75 Å². The molecule has 3 nitrogen and oxygen atoms in total. The van der Waals surface area contributed by atoms with Gasteiger partial charge < -0.3 is 14.6 Å². The molecule has 1 aromatic carbocycles. The molecule has 0 aromatic heterocycles. The summed E-state index contributed by atoms with van der Waals surface area (Å²) >= 11 is 0. The lowest BCUT2D eigenvalue weighted by Crippen LogP contribution is -2.23. The molecule has 3 heteroatoms. The lowest BCUT2D eigenvalue weighted by molar-refractivity contribution is 0.0210. The monoisotopic (exact) mass is 222 g/mol. The van der Waals surface area contributed by atoms with Crippen molar-refractivity contribution >= 4 is 0 Å². The van der Waals surface area contributed by atoms with Crippen molar-refractivity contribution in [2.45, 2.75) is 25.4 Å². The molecular weight excluding hydrogens is 204 g/mol. The Bertz CT molecular complexity index is 371. The Morgan fingerprint density at radius 2 is 2.31 bits per heavy atom. The zero-order chi connectivity index (χ0) is 11.6. The van der Waals surface area contributed by atoms with Crippen LogP contribution in [0.2, 0.25) is 0 Å². The van der Waals surface area contributed by atoms with Crippen molar-refractivity contribution in [1.82, 2.24) is 0 Å². The van der Waals surface area contributed by atoms with Crippen LogP contribution in [0.4, 0.5) is 0 Å². The lowest BCUT2D eigenvalue weighted by Gasteiger charge is -2.24. The molecule has 16 heavy (non-hydrogen) atoms. The van der Waals surface area contributed by atoms with Gasteiger partial charge in [0.05, 0.1) is 12.2 Å². The third-order valence-electron chi connectivity index (χ3n) is 3.10. The molecular formula is C13H18O3. The average molecular weight is 222 g/mol. The molecule has 1 aliphatic rings. The van der Waals surface area contributed by atoms with E-state index in [4.69, 9.17) is 9.47 Å². The third kappa shape index (κ3) is 2.20. The second-order valence-electron chi connectivity index (χ2n) is 4.44. The highest BCUT2D eigenvalue weighted by Gasteiger charge is 2.24. The predicted octanol–water partition coefficient (Wildman–Crippen LogP) is 1.87. The summed E-state index contributed by atoms with van der Waals surface area (Å²) in [5.74, 6) is 0.950. The van der Waals surface area contributed by atoms with E-state index in [2.05, 4.69) is 0 Å². The van der Waals surface area contributed by atoms with Crippen LogP contribution < -0.4 is 4.74 Å². The normalized spacial score (nSPS) is 17.7. The smallest absolute Gasteiger partial charge is 0.122 e. The van der Waals surface area contributed by atoms with Gasteiger partial charge in [-0.2, -0.15) is 0 Å². The van der Waals surface area contributed by atoms with E-state index >= 15 is 0 Å². The quantitative estimate of drug-likeness (QED) is 0.845. The largest absolute Gasteiger partial charge is 0.493 e. The summed E-state index contributed by atoms with van der Waals surface area (Å²) in [6.45, 7) is 3.13. The number of benzene rings is 1. The van der Waals surface area contributed by atoms with Gasteiger partial charge in [0.25, 0.3) is 0 Å². The minimum atomic E-state index is -0.826. The molecule has 1 atom stereocenters. The zero-order valence-electron chi connectivity index (χ0n) is 9.82. The molecule has 1 aromatic rings. The van der Waals surface area contributed by atoms with E-state index in [-0.39, 0.29) is 0 Å². The van der Waals surface area contributed by atoms with E-state index in [0.29, 0.717) is 13.0 Å². The molecule has 0 bridgehead atoms. The van der Waals surface area contributed by atoms with Crippen LogP contribution in [-0.2, 0) is 16.8 Å². The van der Waals surface area contributed by atoms with Gasteiger partial charge in [0.15, 0.2) is 0 Å². The predicted molar refractivity (Wildman–Crippen MR) is 61.7 cm³/mol. The van der Waals surface area contributed by atoms with Crippen LogP contribution in [0.15, 0.2) is 18.2 Å². The van der Waals surface area contributed by atoms with Gasteiger partial charge in [0, 0.05) is 26.6 Å². The van der Waals surface area contributed by atoms with E-state index in [0.717, 1.165) is 24.3 Å². The van der Waals surface area contributed by atoms with Crippen LogP contribution >= 0.6 is 0 Å². The molecule has 0 spiro atoms. The highest BCUT2D eigenvalue weighted by atomic mass is 16.5. The molecule has 1 heterocycles. The zero-order valence-corrected chi connectivity index (χ0v) is 9.82. The molecule has 1 N–H and O–H groups in total. The fourth-order valence-electron chi connectivity index (χ4n) is 1.97. The number of methoxy groups -OCH3 is 1. The number of rotatable bonds is 4. The van der Waals surface area contributed by atoms with Crippen molar-refractivity contribution in [3.63, 3.8) is 0 Å².